The molecular formula is C31H34F3NO4Si. The van der Waals surface area contributed by atoms with Crippen LogP contribution < -0.4 is 0 Å². The van der Waals surface area contributed by atoms with Crippen LogP contribution in [0.15, 0.2) is 72.8 Å². The van der Waals surface area contributed by atoms with Gasteiger partial charge in [0, 0.05) is 0 Å². The van der Waals surface area contributed by atoms with Crippen LogP contribution in [0.2, 0.25) is 18.1 Å². The molecule has 3 aromatic rings. The molecule has 0 radical (unpaired) electrons. The van der Waals surface area contributed by atoms with E-state index in [1.807, 2.05) is 64.2 Å². The fraction of sp³-hybridized carbons (Fsp3) is 0.355. The van der Waals surface area contributed by atoms with E-state index in [2.05, 4.69) is 0 Å². The SMILES string of the molecule is CC(C)(C)[Si](C)(C)O[C@H](c1ccc(F)c(F)c1)[C@@H](C(=O)N1C(=O)OC[C@@H]1Cc1ccccc1)c1ccc(F)cc1. The Bertz CT molecular complexity index is 1360. The van der Waals surface area contributed by atoms with Gasteiger partial charge in [-0.3, -0.25) is 4.79 Å². The van der Waals surface area contributed by atoms with Crippen molar-refractivity contribution in [1.29, 1.82) is 0 Å². The smallest absolute Gasteiger partial charge is 0.417 e. The lowest BCUT2D eigenvalue weighted by Gasteiger charge is -2.42. The third-order valence-electron chi connectivity index (χ3n) is 7.81. The monoisotopic (exact) mass is 569 g/mol. The summed E-state index contributed by atoms with van der Waals surface area (Å²) in [6.45, 7) is 10.0. The summed E-state index contributed by atoms with van der Waals surface area (Å²) in [5.74, 6) is -4.43. The average molecular weight is 570 g/mol. The number of carbonyl (C=O) groups excluding carboxylic acids is 2. The molecule has 0 aliphatic carbocycles. The molecule has 5 nitrogen and oxygen atoms in total. The molecule has 40 heavy (non-hydrogen) atoms. The van der Waals surface area contributed by atoms with Crippen molar-refractivity contribution in [3.8, 4) is 0 Å². The van der Waals surface area contributed by atoms with Crippen LogP contribution in [0.4, 0.5) is 18.0 Å². The summed E-state index contributed by atoms with van der Waals surface area (Å²) in [5, 5.41) is -0.303. The van der Waals surface area contributed by atoms with Crippen LogP contribution in [0.1, 0.15) is 49.5 Å². The van der Waals surface area contributed by atoms with Crippen LogP contribution in [0.25, 0.3) is 0 Å². The van der Waals surface area contributed by atoms with E-state index < -0.39 is 55.8 Å². The van der Waals surface area contributed by atoms with E-state index in [1.54, 1.807) is 0 Å². The van der Waals surface area contributed by atoms with Gasteiger partial charge in [-0.05, 0) is 65.5 Å². The van der Waals surface area contributed by atoms with Crippen LogP contribution in [-0.2, 0) is 20.4 Å². The van der Waals surface area contributed by atoms with Crippen molar-refractivity contribution in [2.24, 2.45) is 0 Å². The Balaban J connectivity index is 1.84. The van der Waals surface area contributed by atoms with Crippen molar-refractivity contribution in [2.75, 3.05) is 6.61 Å². The molecule has 4 rings (SSSR count). The van der Waals surface area contributed by atoms with Gasteiger partial charge in [0.2, 0.25) is 5.91 Å². The number of ether oxygens (including phenoxy) is 1. The standard InChI is InChI=1S/C31H34F3NO4Si/c1-31(2,3)40(4,5)39-28(22-13-16-25(33)26(34)18-22)27(21-11-14-23(32)15-12-21)29(36)35-24(19-38-30(35)37)17-20-9-7-6-8-10-20/h6-16,18,24,27-28H,17,19H2,1-5H3/t24-,27-,28+/m0/s1. The summed E-state index contributed by atoms with van der Waals surface area (Å²) in [6, 6.07) is 17.5. The Labute approximate surface area is 234 Å². The topological polar surface area (TPSA) is 55.8 Å². The quantitative estimate of drug-likeness (QED) is 0.263. The van der Waals surface area contributed by atoms with E-state index in [1.165, 1.54) is 30.3 Å². The van der Waals surface area contributed by atoms with Gasteiger partial charge in [0.05, 0.1) is 18.1 Å². The molecule has 0 unspecified atom stereocenters. The maximum atomic E-state index is 14.6. The molecule has 1 fully saturated rings. The first-order chi connectivity index (χ1) is 18.8. The minimum absolute atomic E-state index is 0.00847. The van der Waals surface area contributed by atoms with Crippen LogP contribution >= 0.6 is 0 Å². The zero-order valence-corrected chi connectivity index (χ0v) is 24.3. The molecule has 0 N–H and O–H groups in total. The van der Waals surface area contributed by atoms with Crippen LogP contribution in [0.5, 0.6) is 0 Å². The molecule has 3 atom stereocenters. The van der Waals surface area contributed by atoms with Crippen LogP contribution in [0, 0.1) is 17.5 Å². The molecule has 3 aromatic carbocycles. The highest BCUT2D eigenvalue weighted by molar-refractivity contribution is 6.74. The van der Waals surface area contributed by atoms with Gasteiger partial charge >= 0.3 is 6.09 Å². The van der Waals surface area contributed by atoms with Crippen molar-refractivity contribution in [3.63, 3.8) is 0 Å². The highest BCUT2D eigenvalue weighted by atomic mass is 28.4. The van der Waals surface area contributed by atoms with Crippen molar-refractivity contribution >= 4 is 20.3 Å². The number of nitrogens with zero attached hydrogens (tertiary/aromatic N) is 1. The first-order valence-electron chi connectivity index (χ1n) is 13.2. The highest BCUT2D eigenvalue weighted by Crippen LogP contribution is 2.45. The molecule has 0 spiro atoms. The maximum absolute atomic E-state index is 14.6. The highest BCUT2D eigenvalue weighted by Gasteiger charge is 2.47. The van der Waals surface area contributed by atoms with Crippen LogP contribution in [-0.4, -0.2) is 37.9 Å². The predicted octanol–water partition coefficient (Wildman–Crippen LogP) is 7.54. The van der Waals surface area contributed by atoms with E-state index in [9.17, 15) is 22.8 Å². The normalized spacial score (nSPS) is 17.4. The van der Waals surface area contributed by atoms with E-state index in [4.69, 9.17) is 9.16 Å². The number of rotatable bonds is 8. The molecule has 1 saturated heterocycles. The van der Waals surface area contributed by atoms with Crippen LogP contribution in [0.3, 0.4) is 0 Å². The van der Waals surface area contributed by atoms with E-state index in [0.717, 1.165) is 22.6 Å². The molecular weight excluding hydrogens is 535 g/mol. The Morgan fingerprint density at radius 1 is 0.975 bits per heavy atom. The minimum Gasteiger partial charge on any atom is -0.447 e. The van der Waals surface area contributed by atoms with Gasteiger partial charge < -0.3 is 9.16 Å². The molecule has 0 aromatic heterocycles. The first kappa shape index (κ1) is 29.5. The third kappa shape index (κ3) is 6.31. The van der Waals surface area contributed by atoms with Crippen molar-refractivity contribution in [3.05, 3.63) is 107 Å². The van der Waals surface area contributed by atoms with Gasteiger partial charge in [-0.15, -0.1) is 0 Å². The summed E-state index contributed by atoms with van der Waals surface area (Å²) in [5.41, 5.74) is 1.52. The van der Waals surface area contributed by atoms with Gasteiger partial charge in [-0.2, -0.15) is 0 Å². The molecule has 212 valence electrons. The Morgan fingerprint density at radius 3 is 2.20 bits per heavy atom. The van der Waals surface area contributed by atoms with E-state index >= 15 is 0 Å². The minimum atomic E-state index is -2.65. The van der Waals surface area contributed by atoms with Gasteiger partial charge in [-0.1, -0.05) is 69.3 Å². The molecule has 0 bridgehead atoms. The summed E-state index contributed by atoms with van der Waals surface area (Å²) in [7, 11) is -2.65. The first-order valence-corrected chi connectivity index (χ1v) is 16.1. The second-order valence-electron chi connectivity index (χ2n) is 11.6. The summed E-state index contributed by atoms with van der Waals surface area (Å²) >= 11 is 0. The summed E-state index contributed by atoms with van der Waals surface area (Å²) in [6.07, 6.45) is -1.53. The summed E-state index contributed by atoms with van der Waals surface area (Å²) < 4.78 is 54.6. The Hall–Kier alpha value is -3.43. The zero-order valence-electron chi connectivity index (χ0n) is 23.3. The van der Waals surface area contributed by atoms with Crippen molar-refractivity contribution in [2.45, 2.75) is 63.4 Å². The molecule has 1 heterocycles. The lowest BCUT2D eigenvalue weighted by atomic mass is 9.87. The molecule has 1 aliphatic heterocycles. The largest absolute Gasteiger partial charge is 0.447 e. The molecule has 1 aliphatic rings. The van der Waals surface area contributed by atoms with E-state index in [-0.39, 0.29) is 17.2 Å². The average Bonchev–Trinajstić information content (AvgIpc) is 3.25. The van der Waals surface area contributed by atoms with Gasteiger partial charge in [0.25, 0.3) is 0 Å². The number of hydrogen-bond donors (Lipinski definition) is 0. The molecule has 0 saturated carbocycles. The Morgan fingerprint density at radius 2 is 1.60 bits per heavy atom. The Kier molecular flexibility index (Phi) is 8.56. The fourth-order valence-corrected chi connectivity index (χ4v) is 5.81. The second kappa shape index (κ2) is 11.6. The number of benzene rings is 3. The van der Waals surface area contributed by atoms with Crippen molar-refractivity contribution in [1.82, 2.24) is 4.90 Å². The van der Waals surface area contributed by atoms with E-state index in [0.29, 0.717) is 12.0 Å². The number of halogens is 3. The van der Waals surface area contributed by atoms with Gasteiger partial charge in [0.1, 0.15) is 12.4 Å². The molecule has 2 amide bonds. The molecule has 9 heteroatoms. The fourth-order valence-electron chi connectivity index (χ4n) is 4.55. The number of cyclic esters (lactones) is 1. The predicted molar refractivity (Wildman–Crippen MR) is 149 cm³/mol. The van der Waals surface area contributed by atoms with Crippen molar-refractivity contribution < 1.29 is 31.9 Å². The second-order valence-corrected chi connectivity index (χ2v) is 16.4. The number of hydrogen-bond acceptors (Lipinski definition) is 4. The van der Waals surface area contributed by atoms with Gasteiger partial charge in [0.15, 0.2) is 20.0 Å². The summed E-state index contributed by atoms with van der Waals surface area (Å²) in [4.78, 5) is 28.5. The third-order valence-corrected chi connectivity index (χ3v) is 12.3. The lowest BCUT2D eigenvalue weighted by Crippen LogP contribution is -2.47. The number of imide groups is 1. The number of amides is 2. The van der Waals surface area contributed by atoms with Gasteiger partial charge in [-0.25, -0.2) is 22.9 Å². The maximum Gasteiger partial charge on any atom is 0.417 e. The lowest BCUT2D eigenvalue weighted by molar-refractivity contribution is -0.133. The zero-order chi connectivity index (χ0) is 29.2. The number of carbonyl (C=O) groups is 2.